The summed E-state index contributed by atoms with van der Waals surface area (Å²) in [7, 11) is 4.96. The lowest BCUT2D eigenvalue weighted by molar-refractivity contribution is 0.0600. The topological polar surface area (TPSA) is 69.6 Å². The number of nitrogens with zero attached hydrogens (tertiary/aromatic N) is 1. The van der Waals surface area contributed by atoms with Crippen molar-refractivity contribution >= 4 is 22.8 Å². The third-order valence-electron chi connectivity index (χ3n) is 6.58. The molecule has 3 rings (SSSR count). The van der Waals surface area contributed by atoms with Gasteiger partial charge >= 0.3 is 5.97 Å². The summed E-state index contributed by atoms with van der Waals surface area (Å²) in [6.07, 6.45) is 8.83. The van der Waals surface area contributed by atoms with Crippen LogP contribution in [0.25, 0.3) is 10.9 Å². The quantitative estimate of drug-likeness (QED) is 0.260. The number of amides is 1. The van der Waals surface area contributed by atoms with E-state index in [9.17, 15) is 9.59 Å². The summed E-state index contributed by atoms with van der Waals surface area (Å²) in [5.74, 6) is 0.659. The summed E-state index contributed by atoms with van der Waals surface area (Å²) >= 11 is 0. The first kappa shape index (κ1) is 26.3. The van der Waals surface area contributed by atoms with E-state index in [0.717, 1.165) is 28.5 Å². The summed E-state index contributed by atoms with van der Waals surface area (Å²) in [4.78, 5) is 24.8. The second kappa shape index (κ2) is 12.4. The van der Waals surface area contributed by atoms with E-state index < -0.39 is 5.97 Å². The first-order valence-corrected chi connectivity index (χ1v) is 12.5. The van der Waals surface area contributed by atoms with Gasteiger partial charge in [-0.3, -0.25) is 4.79 Å². The molecule has 2 aromatic carbocycles. The maximum Gasteiger partial charge on any atom is 0.337 e. The van der Waals surface area contributed by atoms with Crippen molar-refractivity contribution in [1.29, 1.82) is 0 Å². The van der Waals surface area contributed by atoms with Crippen LogP contribution in [0.1, 0.15) is 77.8 Å². The van der Waals surface area contributed by atoms with Gasteiger partial charge in [-0.1, -0.05) is 45.6 Å². The second-order valence-electron chi connectivity index (χ2n) is 9.36. The van der Waals surface area contributed by atoms with Crippen LogP contribution in [-0.2, 0) is 18.2 Å². The van der Waals surface area contributed by atoms with Crippen molar-refractivity contribution in [3.63, 3.8) is 0 Å². The number of nitrogens with one attached hydrogen (secondary N) is 1. The van der Waals surface area contributed by atoms with Crippen LogP contribution >= 0.6 is 0 Å². The zero-order valence-corrected chi connectivity index (χ0v) is 21.6. The maximum absolute atomic E-state index is 12.9. The van der Waals surface area contributed by atoms with E-state index in [1.165, 1.54) is 32.8 Å². The Labute approximate surface area is 208 Å². The Bertz CT molecular complexity index is 1160. The molecule has 1 atom stereocenters. The van der Waals surface area contributed by atoms with Crippen molar-refractivity contribution in [2.24, 2.45) is 13.0 Å². The average Bonchev–Trinajstić information content (AvgIpc) is 3.19. The Morgan fingerprint density at radius 3 is 2.49 bits per heavy atom. The van der Waals surface area contributed by atoms with Crippen LogP contribution in [0.4, 0.5) is 0 Å². The number of ether oxygens (including phenoxy) is 2. The molecule has 188 valence electrons. The minimum Gasteiger partial charge on any atom is -0.496 e. The van der Waals surface area contributed by atoms with E-state index in [4.69, 9.17) is 9.47 Å². The number of aromatic nitrogens is 1. The molecule has 0 aliphatic heterocycles. The number of aryl methyl sites for hydroxylation is 1. The Balaban J connectivity index is 1.76. The molecule has 3 aromatic rings. The predicted molar refractivity (Wildman–Crippen MR) is 140 cm³/mol. The molecule has 1 amide bonds. The summed E-state index contributed by atoms with van der Waals surface area (Å²) < 4.78 is 12.4. The number of carbonyl (C=O) groups excluding carboxylic acids is 2. The lowest BCUT2D eigenvalue weighted by Crippen LogP contribution is -2.28. The van der Waals surface area contributed by atoms with Gasteiger partial charge in [-0.15, -0.1) is 0 Å². The average molecular weight is 479 g/mol. The van der Waals surface area contributed by atoms with Gasteiger partial charge in [0.2, 0.25) is 0 Å². The van der Waals surface area contributed by atoms with Gasteiger partial charge in [0.15, 0.2) is 0 Å². The molecule has 6 nitrogen and oxygen atoms in total. The van der Waals surface area contributed by atoms with E-state index in [0.29, 0.717) is 35.8 Å². The number of carbonyl (C=O) groups is 2. The molecule has 1 N–H and O–H groups in total. The van der Waals surface area contributed by atoms with Crippen molar-refractivity contribution in [1.82, 2.24) is 9.88 Å². The molecule has 1 heterocycles. The summed E-state index contributed by atoms with van der Waals surface area (Å²) in [6, 6.07) is 11.2. The van der Waals surface area contributed by atoms with Crippen LogP contribution < -0.4 is 10.1 Å². The highest BCUT2D eigenvalue weighted by Gasteiger charge is 2.16. The molecule has 0 aliphatic rings. The van der Waals surface area contributed by atoms with E-state index in [-0.39, 0.29) is 5.91 Å². The van der Waals surface area contributed by atoms with E-state index in [1.54, 1.807) is 19.2 Å². The number of benzene rings is 2. The molecule has 1 unspecified atom stereocenters. The molecule has 0 aliphatic carbocycles. The van der Waals surface area contributed by atoms with Crippen molar-refractivity contribution in [2.45, 2.75) is 52.4 Å². The SMILES string of the molecule is CCCCCCC(C)CNC(=O)c1ccc2c(c1)c(Cc1ccc(C(=O)OC)cc1OC)cn2C. The van der Waals surface area contributed by atoms with Gasteiger partial charge in [-0.25, -0.2) is 4.79 Å². The van der Waals surface area contributed by atoms with E-state index >= 15 is 0 Å². The predicted octanol–water partition coefficient (Wildman–Crippen LogP) is 5.90. The standard InChI is InChI=1S/C29H38N2O4/c1-6-7-8-9-10-20(2)18-30-28(32)22-13-14-26-25(16-22)24(19-31(26)3)15-21-11-12-23(29(33)35-5)17-27(21)34-4/h11-14,16-17,19-20H,6-10,15,18H2,1-5H3,(H,30,32). The Morgan fingerprint density at radius 1 is 1.00 bits per heavy atom. The van der Waals surface area contributed by atoms with Crippen molar-refractivity contribution in [3.8, 4) is 5.75 Å². The molecular weight excluding hydrogens is 440 g/mol. The lowest BCUT2D eigenvalue weighted by Gasteiger charge is -2.13. The van der Waals surface area contributed by atoms with Gasteiger partial charge in [0.05, 0.1) is 19.8 Å². The van der Waals surface area contributed by atoms with Gasteiger partial charge < -0.3 is 19.4 Å². The van der Waals surface area contributed by atoms with Gasteiger partial charge in [-0.05, 0) is 53.8 Å². The summed E-state index contributed by atoms with van der Waals surface area (Å²) in [6.45, 7) is 5.11. The molecule has 0 bridgehead atoms. The molecule has 0 saturated heterocycles. The summed E-state index contributed by atoms with van der Waals surface area (Å²) in [5, 5.41) is 4.15. The monoisotopic (exact) mass is 478 g/mol. The van der Waals surface area contributed by atoms with Crippen LogP contribution in [0.5, 0.6) is 5.75 Å². The van der Waals surface area contributed by atoms with Gasteiger partial charge in [0.1, 0.15) is 5.75 Å². The fourth-order valence-electron chi connectivity index (χ4n) is 4.49. The summed E-state index contributed by atoms with van der Waals surface area (Å²) in [5.41, 5.74) is 4.22. The van der Waals surface area contributed by atoms with Crippen molar-refractivity contribution in [2.75, 3.05) is 20.8 Å². The maximum atomic E-state index is 12.9. The third-order valence-corrected chi connectivity index (χ3v) is 6.58. The Kier molecular flexibility index (Phi) is 9.35. The van der Waals surface area contributed by atoms with Gasteiger partial charge in [0.25, 0.3) is 5.91 Å². The Morgan fingerprint density at radius 2 is 1.77 bits per heavy atom. The van der Waals surface area contributed by atoms with Gasteiger partial charge in [-0.2, -0.15) is 0 Å². The number of hydrogen-bond donors (Lipinski definition) is 1. The van der Waals surface area contributed by atoms with Crippen LogP contribution in [-0.4, -0.2) is 37.2 Å². The molecule has 0 radical (unpaired) electrons. The molecule has 35 heavy (non-hydrogen) atoms. The molecule has 6 heteroatoms. The molecule has 1 aromatic heterocycles. The highest BCUT2D eigenvalue weighted by atomic mass is 16.5. The normalized spacial score (nSPS) is 11.9. The largest absolute Gasteiger partial charge is 0.496 e. The van der Waals surface area contributed by atoms with E-state index in [2.05, 4.69) is 29.9 Å². The molecular formula is C29H38N2O4. The Hall–Kier alpha value is -3.28. The van der Waals surface area contributed by atoms with Crippen molar-refractivity contribution < 1.29 is 19.1 Å². The van der Waals surface area contributed by atoms with Crippen LogP contribution in [0.2, 0.25) is 0 Å². The van der Waals surface area contributed by atoms with E-state index in [1.807, 2.05) is 31.3 Å². The number of fused-ring (bicyclic) bond motifs is 1. The van der Waals surface area contributed by atoms with Crippen LogP contribution in [0.15, 0.2) is 42.6 Å². The fraction of sp³-hybridized carbons (Fsp3) is 0.448. The highest BCUT2D eigenvalue weighted by molar-refractivity contribution is 5.99. The number of methoxy groups -OCH3 is 2. The zero-order chi connectivity index (χ0) is 25.4. The smallest absolute Gasteiger partial charge is 0.337 e. The van der Waals surface area contributed by atoms with Crippen molar-refractivity contribution in [3.05, 3.63) is 64.8 Å². The first-order chi connectivity index (χ1) is 16.9. The minimum atomic E-state index is -0.397. The molecule has 0 saturated carbocycles. The molecule has 0 spiro atoms. The van der Waals surface area contributed by atoms with Gasteiger partial charge in [0, 0.05) is 42.7 Å². The number of unbranched alkanes of at least 4 members (excludes halogenated alkanes) is 3. The number of hydrogen-bond acceptors (Lipinski definition) is 4. The first-order valence-electron chi connectivity index (χ1n) is 12.5. The second-order valence-corrected chi connectivity index (χ2v) is 9.36. The highest BCUT2D eigenvalue weighted by Crippen LogP contribution is 2.29. The number of rotatable bonds is 12. The third kappa shape index (κ3) is 6.65. The number of esters is 1. The minimum absolute atomic E-state index is 0.0397. The lowest BCUT2D eigenvalue weighted by atomic mass is 10.00. The zero-order valence-electron chi connectivity index (χ0n) is 21.6. The molecule has 0 fully saturated rings. The van der Waals surface area contributed by atoms with Crippen LogP contribution in [0.3, 0.4) is 0 Å². The fourth-order valence-corrected chi connectivity index (χ4v) is 4.49. The van der Waals surface area contributed by atoms with Crippen LogP contribution in [0, 0.1) is 5.92 Å².